The summed E-state index contributed by atoms with van der Waals surface area (Å²) < 4.78 is 7.70. The van der Waals surface area contributed by atoms with Crippen molar-refractivity contribution in [3.05, 3.63) is 0 Å². The number of hydrogen-bond donors (Lipinski definition) is 0. The molecule has 1 aliphatic rings. The van der Waals surface area contributed by atoms with Gasteiger partial charge in [0.25, 0.3) is 0 Å². The van der Waals surface area contributed by atoms with E-state index in [-0.39, 0.29) is 5.97 Å². The average Bonchev–Trinajstić information content (AvgIpc) is 2.85. The van der Waals surface area contributed by atoms with Gasteiger partial charge in [-0.05, 0) is 17.9 Å². The standard InChI is InChI=1S/C16H34N2O2Si/c1-8-20-15(19)9-10-17-11-12-18(13-17)21(6,7)16(4,5)14(2)3/h14H,8-13H2,1-7H3. The molecular weight excluding hydrogens is 280 g/mol. The molecule has 1 saturated heterocycles. The van der Waals surface area contributed by atoms with E-state index in [0.717, 1.165) is 26.3 Å². The van der Waals surface area contributed by atoms with Gasteiger partial charge in [0.1, 0.15) is 8.24 Å². The van der Waals surface area contributed by atoms with E-state index in [4.69, 9.17) is 4.74 Å². The molecule has 0 spiro atoms. The Morgan fingerprint density at radius 2 is 1.90 bits per heavy atom. The Morgan fingerprint density at radius 3 is 2.43 bits per heavy atom. The van der Waals surface area contributed by atoms with Crippen LogP contribution in [0, 0.1) is 5.92 Å². The highest BCUT2D eigenvalue weighted by Crippen LogP contribution is 2.46. The van der Waals surface area contributed by atoms with Crippen LogP contribution in [-0.2, 0) is 9.53 Å². The molecule has 0 unspecified atom stereocenters. The molecule has 21 heavy (non-hydrogen) atoms. The second kappa shape index (κ2) is 7.25. The molecule has 124 valence electrons. The molecule has 0 radical (unpaired) electrons. The molecule has 0 saturated carbocycles. The van der Waals surface area contributed by atoms with Gasteiger partial charge in [0.05, 0.1) is 13.0 Å². The zero-order chi connectivity index (χ0) is 16.3. The van der Waals surface area contributed by atoms with Crippen molar-refractivity contribution in [2.45, 2.75) is 59.2 Å². The van der Waals surface area contributed by atoms with Crippen LogP contribution in [0.1, 0.15) is 41.0 Å². The number of esters is 1. The van der Waals surface area contributed by atoms with Gasteiger partial charge in [0, 0.05) is 26.3 Å². The van der Waals surface area contributed by atoms with Crippen molar-refractivity contribution in [1.82, 2.24) is 9.47 Å². The first-order valence-corrected chi connectivity index (χ1v) is 11.2. The first kappa shape index (κ1) is 18.7. The lowest BCUT2D eigenvalue weighted by Crippen LogP contribution is -2.56. The normalized spacial score (nSPS) is 18.5. The maximum absolute atomic E-state index is 11.5. The van der Waals surface area contributed by atoms with E-state index in [9.17, 15) is 4.79 Å². The highest BCUT2D eigenvalue weighted by atomic mass is 28.3. The van der Waals surface area contributed by atoms with Crippen molar-refractivity contribution >= 4 is 14.2 Å². The van der Waals surface area contributed by atoms with Crippen LogP contribution in [0.4, 0.5) is 0 Å². The third kappa shape index (κ3) is 4.30. The van der Waals surface area contributed by atoms with E-state index < -0.39 is 8.24 Å². The van der Waals surface area contributed by atoms with Crippen molar-refractivity contribution in [3.8, 4) is 0 Å². The average molecular weight is 315 g/mol. The Hall–Kier alpha value is -0.393. The van der Waals surface area contributed by atoms with E-state index in [2.05, 4.69) is 50.3 Å². The Labute approximate surface area is 131 Å². The zero-order valence-electron chi connectivity index (χ0n) is 15.0. The molecule has 0 bridgehead atoms. The van der Waals surface area contributed by atoms with Crippen molar-refractivity contribution in [2.75, 3.05) is 32.9 Å². The summed E-state index contributed by atoms with van der Waals surface area (Å²) in [7, 11) is -1.50. The van der Waals surface area contributed by atoms with Gasteiger partial charge in [0.15, 0.2) is 0 Å². The zero-order valence-corrected chi connectivity index (χ0v) is 16.0. The minimum Gasteiger partial charge on any atom is -0.466 e. The number of rotatable bonds is 7. The van der Waals surface area contributed by atoms with Crippen LogP contribution < -0.4 is 0 Å². The molecule has 0 atom stereocenters. The molecular formula is C16H34N2O2Si. The summed E-state index contributed by atoms with van der Waals surface area (Å²) >= 11 is 0. The van der Waals surface area contributed by atoms with Crippen LogP contribution in [0.3, 0.4) is 0 Å². The van der Waals surface area contributed by atoms with E-state index in [1.165, 1.54) is 0 Å². The lowest BCUT2D eigenvalue weighted by molar-refractivity contribution is -0.143. The first-order valence-electron chi connectivity index (χ1n) is 8.26. The second-order valence-electron chi connectivity index (χ2n) is 7.51. The van der Waals surface area contributed by atoms with E-state index in [1.54, 1.807) is 0 Å². The Morgan fingerprint density at radius 1 is 1.29 bits per heavy atom. The van der Waals surface area contributed by atoms with Crippen LogP contribution in [0.15, 0.2) is 0 Å². The lowest BCUT2D eigenvalue weighted by Gasteiger charge is -2.48. The predicted octanol–water partition coefficient (Wildman–Crippen LogP) is 3.16. The van der Waals surface area contributed by atoms with Gasteiger partial charge < -0.3 is 9.30 Å². The minimum absolute atomic E-state index is 0.0741. The van der Waals surface area contributed by atoms with Gasteiger partial charge >= 0.3 is 5.97 Å². The number of ether oxygens (including phenoxy) is 1. The third-order valence-corrected chi connectivity index (χ3v) is 11.5. The highest BCUT2D eigenvalue weighted by Gasteiger charge is 2.47. The summed E-state index contributed by atoms with van der Waals surface area (Å²) in [5.74, 6) is 0.614. The molecule has 4 nitrogen and oxygen atoms in total. The summed E-state index contributed by atoms with van der Waals surface area (Å²) in [6.45, 7) is 20.9. The van der Waals surface area contributed by atoms with Gasteiger partial charge in [-0.25, -0.2) is 0 Å². The smallest absolute Gasteiger partial charge is 0.307 e. The summed E-state index contributed by atoms with van der Waals surface area (Å²) in [5, 5.41) is 0.379. The summed E-state index contributed by atoms with van der Waals surface area (Å²) in [6, 6.07) is 0. The molecule has 1 rings (SSSR count). The summed E-state index contributed by atoms with van der Waals surface area (Å²) in [6.07, 6.45) is 0.511. The SMILES string of the molecule is CCOC(=O)CCN1CCN([Si](C)(C)C(C)(C)C(C)C)C1. The van der Waals surface area contributed by atoms with Gasteiger partial charge in [-0.1, -0.05) is 40.8 Å². The molecule has 0 aromatic rings. The number of carbonyl (C=O) groups excluding carboxylic acids is 1. The van der Waals surface area contributed by atoms with Crippen molar-refractivity contribution in [3.63, 3.8) is 0 Å². The van der Waals surface area contributed by atoms with Gasteiger partial charge in [-0.15, -0.1) is 0 Å². The lowest BCUT2D eigenvalue weighted by atomic mass is 9.99. The van der Waals surface area contributed by atoms with Crippen LogP contribution in [-0.4, -0.2) is 56.6 Å². The molecule has 0 aromatic heterocycles. The van der Waals surface area contributed by atoms with Crippen molar-refractivity contribution in [2.24, 2.45) is 5.92 Å². The predicted molar refractivity (Wildman–Crippen MR) is 90.8 cm³/mol. The molecule has 5 heteroatoms. The number of carbonyl (C=O) groups is 1. The van der Waals surface area contributed by atoms with Crippen LogP contribution in [0.5, 0.6) is 0 Å². The van der Waals surface area contributed by atoms with Crippen molar-refractivity contribution < 1.29 is 9.53 Å². The second-order valence-corrected chi connectivity index (χ2v) is 12.6. The van der Waals surface area contributed by atoms with E-state index in [1.807, 2.05) is 6.92 Å². The van der Waals surface area contributed by atoms with Gasteiger partial charge in [-0.2, -0.15) is 0 Å². The molecule has 0 aromatic carbocycles. The number of nitrogens with zero attached hydrogens (tertiary/aromatic N) is 2. The topological polar surface area (TPSA) is 32.8 Å². The van der Waals surface area contributed by atoms with Crippen LogP contribution in [0.2, 0.25) is 18.1 Å². The molecule has 1 fully saturated rings. The van der Waals surface area contributed by atoms with Crippen LogP contribution >= 0.6 is 0 Å². The fourth-order valence-electron chi connectivity index (χ4n) is 2.88. The highest BCUT2D eigenvalue weighted by molar-refractivity contribution is 6.77. The fraction of sp³-hybridized carbons (Fsp3) is 0.938. The van der Waals surface area contributed by atoms with Crippen molar-refractivity contribution in [1.29, 1.82) is 0 Å². The summed E-state index contributed by atoms with van der Waals surface area (Å²) in [4.78, 5) is 13.9. The molecule has 1 aliphatic heterocycles. The monoisotopic (exact) mass is 314 g/mol. The molecule has 0 amide bonds. The Bertz CT molecular complexity index is 356. The largest absolute Gasteiger partial charge is 0.466 e. The molecule has 0 aliphatic carbocycles. The Balaban J connectivity index is 2.55. The quantitative estimate of drug-likeness (QED) is 0.534. The van der Waals surface area contributed by atoms with E-state index in [0.29, 0.717) is 24.0 Å². The van der Waals surface area contributed by atoms with Gasteiger partial charge in [0.2, 0.25) is 0 Å². The summed E-state index contributed by atoms with van der Waals surface area (Å²) in [5.41, 5.74) is 0. The van der Waals surface area contributed by atoms with Crippen LogP contribution in [0.25, 0.3) is 0 Å². The third-order valence-electron chi connectivity index (χ3n) is 5.81. The first-order chi connectivity index (χ1) is 9.62. The molecule has 0 N–H and O–H groups in total. The van der Waals surface area contributed by atoms with E-state index >= 15 is 0 Å². The fourth-order valence-corrected chi connectivity index (χ4v) is 6.32. The minimum atomic E-state index is -1.50. The van der Waals surface area contributed by atoms with Gasteiger partial charge in [-0.3, -0.25) is 9.69 Å². The maximum atomic E-state index is 11.5. The Kier molecular flexibility index (Phi) is 6.44. The maximum Gasteiger partial charge on any atom is 0.307 e. The number of hydrogen-bond acceptors (Lipinski definition) is 4. The molecule has 1 heterocycles.